The minimum atomic E-state index is 0.0896. The van der Waals surface area contributed by atoms with Crippen molar-refractivity contribution in [1.29, 1.82) is 0 Å². The molecule has 4 aliphatic rings. The molecule has 5 heteroatoms. The van der Waals surface area contributed by atoms with Crippen molar-refractivity contribution in [1.82, 2.24) is 10.2 Å². The molecule has 0 aromatic heterocycles. The molecule has 1 N–H and O–H groups in total. The van der Waals surface area contributed by atoms with Gasteiger partial charge in [0.05, 0.1) is 31.5 Å². The van der Waals surface area contributed by atoms with E-state index in [-0.39, 0.29) is 23.6 Å². The molecular formula is C17H28N2O3. The average molecular weight is 308 g/mol. The van der Waals surface area contributed by atoms with Gasteiger partial charge < -0.3 is 14.8 Å². The van der Waals surface area contributed by atoms with E-state index >= 15 is 0 Å². The Hall–Kier alpha value is -0.650. The van der Waals surface area contributed by atoms with E-state index in [2.05, 4.69) is 10.2 Å². The third kappa shape index (κ3) is 2.79. The molecule has 3 unspecified atom stereocenters. The monoisotopic (exact) mass is 308 g/mol. The molecule has 0 aromatic carbocycles. The third-order valence-electron chi connectivity index (χ3n) is 6.16. The molecule has 5 nitrogen and oxygen atoms in total. The van der Waals surface area contributed by atoms with Crippen LogP contribution in [0.25, 0.3) is 0 Å². The predicted molar refractivity (Wildman–Crippen MR) is 82.7 cm³/mol. The zero-order valence-electron chi connectivity index (χ0n) is 13.4. The van der Waals surface area contributed by atoms with Crippen LogP contribution >= 0.6 is 0 Å². The lowest BCUT2D eigenvalue weighted by atomic mass is 9.89. The van der Waals surface area contributed by atoms with Crippen LogP contribution in [0.15, 0.2) is 0 Å². The van der Waals surface area contributed by atoms with Gasteiger partial charge in [-0.1, -0.05) is 12.8 Å². The van der Waals surface area contributed by atoms with Gasteiger partial charge in [0.25, 0.3) is 0 Å². The Bertz CT molecular complexity index is 416. The van der Waals surface area contributed by atoms with Crippen molar-refractivity contribution in [3.05, 3.63) is 0 Å². The summed E-state index contributed by atoms with van der Waals surface area (Å²) in [5.74, 6) is 0.231. The van der Waals surface area contributed by atoms with Gasteiger partial charge in [-0.25, -0.2) is 0 Å². The maximum Gasteiger partial charge on any atom is 0.222 e. The predicted octanol–water partition coefficient (Wildman–Crippen LogP) is 1.46. The minimum Gasteiger partial charge on any atom is -0.379 e. The van der Waals surface area contributed by atoms with Crippen molar-refractivity contribution in [3.63, 3.8) is 0 Å². The Morgan fingerprint density at radius 2 is 1.95 bits per heavy atom. The second-order valence-electron chi connectivity index (χ2n) is 7.49. The molecule has 3 heterocycles. The van der Waals surface area contributed by atoms with Crippen LogP contribution in [0.1, 0.15) is 51.4 Å². The molecule has 124 valence electrons. The summed E-state index contributed by atoms with van der Waals surface area (Å²) < 4.78 is 11.3. The lowest BCUT2D eigenvalue weighted by Gasteiger charge is -2.43. The lowest BCUT2D eigenvalue weighted by Crippen LogP contribution is -2.55. The zero-order chi connectivity index (χ0) is 15.0. The summed E-state index contributed by atoms with van der Waals surface area (Å²) >= 11 is 0. The van der Waals surface area contributed by atoms with Crippen molar-refractivity contribution in [3.8, 4) is 0 Å². The van der Waals surface area contributed by atoms with Gasteiger partial charge in [0.2, 0.25) is 5.91 Å². The van der Waals surface area contributed by atoms with E-state index in [0.717, 1.165) is 52.0 Å². The molecular weight excluding hydrogens is 280 g/mol. The number of nitrogens with one attached hydrogen (secondary N) is 1. The smallest absolute Gasteiger partial charge is 0.222 e. The van der Waals surface area contributed by atoms with Crippen LogP contribution in [0.4, 0.5) is 0 Å². The maximum atomic E-state index is 12.7. The van der Waals surface area contributed by atoms with Gasteiger partial charge in [0, 0.05) is 25.0 Å². The van der Waals surface area contributed by atoms with Crippen LogP contribution in [0.5, 0.6) is 0 Å². The average Bonchev–Trinajstić information content (AvgIpc) is 3.25. The number of ether oxygens (including phenoxy) is 2. The normalized spacial score (nSPS) is 37.5. The highest BCUT2D eigenvalue weighted by atomic mass is 16.5. The Labute approximate surface area is 132 Å². The van der Waals surface area contributed by atoms with E-state index in [9.17, 15) is 4.79 Å². The summed E-state index contributed by atoms with van der Waals surface area (Å²) in [5, 5.41) is 3.28. The summed E-state index contributed by atoms with van der Waals surface area (Å²) in [6, 6.07) is 0.259. The van der Waals surface area contributed by atoms with Crippen LogP contribution < -0.4 is 5.32 Å². The highest BCUT2D eigenvalue weighted by Crippen LogP contribution is 2.39. The Morgan fingerprint density at radius 3 is 2.59 bits per heavy atom. The Balaban J connectivity index is 1.37. The molecule has 4 fully saturated rings. The fourth-order valence-corrected chi connectivity index (χ4v) is 5.02. The van der Waals surface area contributed by atoms with Crippen molar-refractivity contribution >= 4 is 5.91 Å². The van der Waals surface area contributed by atoms with Gasteiger partial charge in [-0.3, -0.25) is 9.69 Å². The maximum absolute atomic E-state index is 12.7. The number of rotatable bonds is 4. The molecule has 0 radical (unpaired) electrons. The van der Waals surface area contributed by atoms with E-state index in [1.54, 1.807) is 0 Å². The van der Waals surface area contributed by atoms with Crippen LogP contribution in [-0.4, -0.2) is 60.9 Å². The van der Waals surface area contributed by atoms with Crippen molar-refractivity contribution < 1.29 is 14.3 Å². The molecule has 22 heavy (non-hydrogen) atoms. The number of nitrogens with zero attached hydrogens (tertiary/aromatic N) is 1. The van der Waals surface area contributed by atoms with E-state index in [1.807, 2.05) is 0 Å². The van der Waals surface area contributed by atoms with Gasteiger partial charge in [-0.15, -0.1) is 0 Å². The van der Waals surface area contributed by atoms with Gasteiger partial charge in [-0.05, 0) is 32.1 Å². The van der Waals surface area contributed by atoms with Crippen molar-refractivity contribution in [2.75, 3.05) is 26.3 Å². The molecule has 3 atom stereocenters. The lowest BCUT2D eigenvalue weighted by molar-refractivity contribution is -0.126. The quantitative estimate of drug-likeness (QED) is 0.854. The molecule has 1 amide bonds. The van der Waals surface area contributed by atoms with Crippen LogP contribution in [0.2, 0.25) is 0 Å². The highest BCUT2D eigenvalue weighted by molar-refractivity contribution is 5.77. The first-order valence-electron chi connectivity index (χ1n) is 9.03. The summed E-state index contributed by atoms with van der Waals surface area (Å²) in [4.78, 5) is 15.2. The summed E-state index contributed by atoms with van der Waals surface area (Å²) in [5.41, 5.74) is 0.0896. The van der Waals surface area contributed by atoms with E-state index in [1.165, 1.54) is 19.3 Å². The molecule has 1 saturated carbocycles. The first-order valence-corrected chi connectivity index (χ1v) is 9.03. The molecule has 0 aromatic rings. The SMILES string of the molecule is O=C(CC1(N2CCOCC2)CCCC1)NC1CC2CCC1O2. The summed E-state index contributed by atoms with van der Waals surface area (Å²) in [7, 11) is 0. The van der Waals surface area contributed by atoms with E-state index < -0.39 is 0 Å². The fraction of sp³-hybridized carbons (Fsp3) is 0.941. The summed E-state index contributed by atoms with van der Waals surface area (Å²) in [6.07, 6.45) is 9.46. The Kier molecular flexibility index (Phi) is 4.13. The molecule has 3 aliphatic heterocycles. The minimum absolute atomic E-state index is 0.0896. The number of amides is 1. The van der Waals surface area contributed by atoms with E-state index in [4.69, 9.17) is 9.47 Å². The fourth-order valence-electron chi connectivity index (χ4n) is 5.02. The van der Waals surface area contributed by atoms with Crippen molar-refractivity contribution in [2.24, 2.45) is 0 Å². The number of carbonyl (C=O) groups is 1. The van der Waals surface area contributed by atoms with Crippen LogP contribution in [0.3, 0.4) is 0 Å². The Morgan fingerprint density at radius 1 is 1.18 bits per heavy atom. The topological polar surface area (TPSA) is 50.8 Å². The molecule has 3 saturated heterocycles. The molecule has 0 spiro atoms. The number of hydrogen-bond acceptors (Lipinski definition) is 4. The number of hydrogen-bond donors (Lipinski definition) is 1. The highest BCUT2D eigenvalue weighted by Gasteiger charge is 2.44. The second-order valence-corrected chi connectivity index (χ2v) is 7.49. The van der Waals surface area contributed by atoms with Gasteiger partial charge in [0.1, 0.15) is 0 Å². The third-order valence-corrected chi connectivity index (χ3v) is 6.16. The standard InChI is InChI=1S/C17H28N2O3/c20-16(18-14-11-13-3-4-15(14)22-13)12-17(5-1-2-6-17)19-7-9-21-10-8-19/h13-15H,1-12H2,(H,18,20). The number of morpholine rings is 1. The molecule has 1 aliphatic carbocycles. The first kappa shape index (κ1) is 14.9. The number of carbonyl (C=O) groups excluding carboxylic acids is 1. The van der Waals surface area contributed by atoms with Gasteiger partial charge >= 0.3 is 0 Å². The zero-order valence-corrected chi connectivity index (χ0v) is 13.4. The number of fused-ring (bicyclic) bond motifs is 2. The summed E-state index contributed by atoms with van der Waals surface area (Å²) in [6.45, 7) is 3.57. The van der Waals surface area contributed by atoms with E-state index in [0.29, 0.717) is 12.5 Å². The van der Waals surface area contributed by atoms with Crippen molar-refractivity contribution in [2.45, 2.75) is 75.2 Å². The van der Waals surface area contributed by atoms with Gasteiger partial charge in [0.15, 0.2) is 0 Å². The largest absolute Gasteiger partial charge is 0.379 e. The second kappa shape index (κ2) is 6.10. The van der Waals surface area contributed by atoms with Crippen LogP contribution in [-0.2, 0) is 14.3 Å². The molecule has 4 rings (SSSR count). The first-order chi connectivity index (χ1) is 10.8. The van der Waals surface area contributed by atoms with Gasteiger partial charge in [-0.2, -0.15) is 0 Å². The van der Waals surface area contributed by atoms with Crippen LogP contribution in [0, 0.1) is 0 Å². The molecule has 2 bridgehead atoms.